The number of benzene rings is 9. The average molecular weight is 691 g/mol. The Morgan fingerprint density at radius 1 is 0.278 bits per heavy atom. The Labute approximate surface area is 317 Å². The maximum absolute atomic E-state index is 2.36. The summed E-state index contributed by atoms with van der Waals surface area (Å²) in [5.41, 5.74) is 11.4. The van der Waals surface area contributed by atoms with E-state index < -0.39 is 0 Å². The van der Waals surface area contributed by atoms with Gasteiger partial charge in [-0.2, -0.15) is 0 Å². The molecule has 2 heteroatoms. The molecule has 0 N–H and O–H groups in total. The van der Waals surface area contributed by atoms with E-state index in [4.69, 9.17) is 0 Å². The standard InChI is InChI=1S/C52H38N2/c1-3-12-41(13-4-1)43-28-35-49(36-29-43)54(52-21-11-17-44-15-9-10-20-51(44)52)48-33-26-40(27-34-48)23-22-39-24-31-47(32-25-39)53(46-18-5-2-6-19-46)50-37-30-42-14-7-8-16-45(42)38-50/h1-38H/b23-22+. The first-order chi connectivity index (χ1) is 26.8. The second kappa shape index (κ2) is 14.8. The monoisotopic (exact) mass is 690 g/mol. The Morgan fingerprint density at radius 3 is 1.41 bits per heavy atom. The molecule has 256 valence electrons. The Bertz CT molecular complexity index is 2670. The second-order valence-electron chi connectivity index (χ2n) is 13.5. The molecule has 0 heterocycles. The van der Waals surface area contributed by atoms with Crippen molar-refractivity contribution in [1.82, 2.24) is 0 Å². The molecule has 0 fully saturated rings. The van der Waals surface area contributed by atoms with Crippen molar-refractivity contribution in [2.24, 2.45) is 0 Å². The average Bonchev–Trinajstić information content (AvgIpc) is 3.25. The fraction of sp³-hybridized carbons (Fsp3) is 0. The van der Waals surface area contributed by atoms with E-state index in [0.29, 0.717) is 0 Å². The molecule has 9 aromatic rings. The predicted octanol–water partition coefficient (Wildman–Crippen LogP) is 14.8. The molecule has 0 spiro atoms. The summed E-state index contributed by atoms with van der Waals surface area (Å²) in [6.45, 7) is 0. The van der Waals surface area contributed by atoms with E-state index in [9.17, 15) is 0 Å². The summed E-state index contributed by atoms with van der Waals surface area (Å²) >= 11 is 0. The van der Waals surface area contributed by atoms with Crippen molar-refractivity contribution in [3.63, 3.8) is 0 Å². The largest absolute Gasteiger partial charge is 0.310 e. The molecular weight excluding hydrogens is 653 g/mol. The lowest BCUT2D eigenvalue weighted by Crippen LogP contribution is -2.10. The quantitative estimate of drug-likeness (QED) is 0.139. The molecule has 0 radical (unpaired) electrons. The van der Waals surface area contributed by atoms with Crippen molar-refractivity contribution in [2.45, 2.75) is 0 Å². The van der Waals surface area contributed by atoms with Crippen LogP contribution in [0.3, 0.4) is 0 Å². The SMILES string of the molecule is C(=C\c1ccc(N(c2ccc(-c3ccccc3)cc2)c2cccc3ccccc23)cc1)/c1ccc(N(c2ccccc2)c2ccc3ccccc3c2)cc1. The number of fused-ring (bicyclic) bond motifs is 2. The lowest BCUT2D eigenvalue weighted by Gasteiger charge is -2.27. The van der Waals surface area contributed by atoms with Crippen LogP contribution < -0.4 is 9.80 Å². The molecule has 0 aliphatic rings. The second-order valence-corrected chi connectivity index (χ2v) is 13.5. The van der Waals surface area contributed by atoms with Crippen LogP contribution >= 0.6 is 0 Å². The van der Waals surface area contributed by atoms with Gasteiger partial charge in [-0.3, -0.25) is 0 Å². The molecule has 0 atom stereocenters. The van der Waals surface area contributed by atoms with Crippen molar-refractivity contribution < 1.29 is 0 Å². The lowest BCUT2D eigenvalue weighted by atomic mass is 10.0. The summed E-state index contributed by atoms with van der Waals surface area (Å²) in [6.07, 6.45) is 4.38. The normalized spacial score (nSPS) is 11.3. The number of rotatable bonds is 9. The lowest BCUT2D eigenvalue weighted by molar-refractivity contribution is 1.29. The van der Waals surface area contributed by atoms with Crippen LogP contribution in [0.1, 0.15) is 11.1 Å². The number of hydrogen-bond acceptors (Lipinski definition) is 2. The molecule has 0 bridgehead atoms. The van der Waals surface area contributed by atoms with Crippen LogP contribution in [0.15, 0.2) is 218 Å². The van der Waals surface area contributed by atoms with E-state index in [0.717, 1.165) is 45.3 Å². The van der Waals surface area contributed by atoms with Gasteiger partial charge in [0.1, 0.15) is 0 Å². The maximum Gasteiger partial charge on any atom is 0.0540 e. The van der Waals surface area contributed by atoms with E-state index in [-0.39, 0.29) is 0 Å². The van der Waals surface area contributed by atoms with Crippen LogP contribution in [-0.2, 0) is 0 Å². The number of nitrogens with zero attached hydrogens (tertiary/aromatic N) is 2. The summed E-state index contributed by atoms with van der Waals surface area (Å²) in [5, 5.41) is 4.89. The Hall–Kier alpha value is -7.16. The number of para-hydroxylation sites is 1. The van der Waals surface area contributed by atoms with Gasteiger partial charge in [0.25, 0.3) is 0 Å². The van der Waals surface area contributed by atoms with E-state index in [2.05, 4.69) is 240 Å². The summed E-state index contributed by atoms with van der Waals surface area (Å²) in [5.74, 6) is 0. The first kappa shape index (κ1) is 32.7. The Balaban J connectivity index is 0.999. The molecular formula is C52H38N2. The van der Waals surface area contributed by atoms with Crippen LogP contribution in [0.4, 0.5) is 34.1 Å². The molecule has 54 heavy (non-hydrogen) atoms. The first-order valence-electron chi connectivity index (χ1n) is 18.4. The van der Waals surface area contributed by atoms with Gasteiger partial charge in [0, 0.05) is 33.8 Å². The van der Waals surface area contributed by atoms with Crippen molar-refractivity contribution in [3.8, 4) is 11.1 Å². The zero-order chi connectivity index (χ0) is 36.1. The highest BCUT2D eigenvalue weighted by atomic mass is 15.1. The molecule has 0 saturated carbocycles. The predicted molar refractivity (Wildman–Crippen MR) is 232 cm³/mol. The van der Waals surface area contributed by atoms with Crippen molar-refractivity contribution in [3.05, 3.63) is 230 Å². The van der Waals surface area contributed by atoms with Gasteiger partial charge in [0.2, 0.25) is 0 Å². The number of anilines is 6. The third-order valence-corrected chi connectivity index (χ3v) is 10.0. The zero-order valence-corrected chi connectivity index (χ0v) is 29.8. The van der Waals surface area contributed by atoms with Gasteiger partial charge in [-0.15, -0.1) is 0 Å². The Kier molecular flexibility index (Phi) is 8.99. The molecule has 0 unspecified atom stereocenters. The van der Waals surface area contributed by atoms with Crippen molar-refractivity contribution in [2.75, 3.05) is 9.80 Å². The van der Waals surface area contributed by atoms with Gasteiger partial charge in [-0.25, -0.2) is 0 Å². The molecule has 9 rings (SSSR count). The van der Waals surface area contributed by atoms with Gasteiger partial charge >= 0.3 is 0 Å². The smallest absolute Gasteiger partial charge is 0.0540 e. The van der Waals surface area contributed by atoms with Gasteiger partial charge in [-0.1, -0.05) is 164 Å². The Morgan fingerprint density at radius 2 is 0.741 bits per heavy atom. The zero-order valence-electron chi connectivity index (χ0n) is 29.8. The molecule has 0 amide bonds. The molecule has 2 nitrogen and oxygen atoms in total. The molecule has 0 aliphatic heterocycles. The highest BCUT2D eigenvalue weighted by molar-refractivity contribution is 5.99. The van der Waals surface area contributed by atoms with Crippen LogP contribution in [0.2, 0.25) is 0 Å². The van der Waals surface area contributed by atoms with Gasteiger partial charge in [-0.05, 0) is 105 Å². The summed E-state index contributed by atoms with van der Waals surface area (Å²) in [4.78, 5) is 4.67. The molecule has 0 saturated heterocycles. The maximum atomic E-state index is 2.36. The van der Waals surface area contributed by atoms with E-state index >= 15 is 0 Å². The third-order valence-electron chi connectivity index (χ3n) is 10.0. The topological polar surface area (TPSA) is 6.48 Å². The molecule has 9 aromatic carbocycles. The minimum Gasteiger partial charge on any atom is -0.310 e. The first-order valence-corrected chi connectivity index (χ1v) is 18.4. The minimum atomic E-state index is 1.11. The van der Waals surface area contributed by atoms with E-state index in [1.54, 1.807) is 0 Å². The fourth-order valence-electron chi connectivity index (χ4n) is 7.27. The van der Waals surface area contributed by atoms with Crippen LogP contribution in [-0.4, -0.2) is 0 Å². The molecule has 0 aromatic heterocycles. The highest BCUT2D eigenvalue weighted by Gasteiger charge is 2.16. The van der Waals surface area contributed by atoms with Gasteiger partial charge in [0.05, 0.1) is 5.69 Å². The fourth-order valence-corrected chi connectivity index (χ4v) is 7.27. The van der Waals surface area contributed by atoms with Gasteiger partial charge < -0.3 is 9.80 Å². The van der Waals surface area contributed by atoms with Crippen molar-refractivity contribution >= 4 is 67.8 Å². The highest BCUT2D eigenvalue weighted by Crippen LogP contribution is 2.40. The van der Waals surface area contributed by atoms with E-state index in [1.165, 1.54) is 32.7 Å². The third kappa shape index (κ3) is 6.77. The van der Waals surface area contributed by atoms with Crippen LogP contribution in [0.25, 0.3) is 44.8 Å². The number of hydrogen-bond donors (Lipinski definition) is 0. The van der Waals surface area contributed by atoms with Crippen molar-refractivity contribution in [1.29, 1.82) is 0 Å². The summed E-state index contributed by atoms with van der Waals surface area (Å²) < 4.78 is 0. The van der Waals surface area contributed by atoms with Crippen LogP contribution in [0, 0.1) is 0 Å². The minimum absolute atomic E-state index is 1.11. The van der Waals surface area contributed by atoms with Crippen LogP contribution in [0.5, 0.6) is 0 Å². The summed E-state index contributed by atoms with van der Waals surface area (Å²) in [6, 6.07) is 77.9. The summed E-state index contributed by atoms with van der Waals surface area (Å²) in [7, 11) is 0. The molecule has 0 aliphatic carbocycles. The van der Waals surface area contributed by atoms with Gasteiger partial charge in [0.15, 0.2) is 0 Å². The van der Waals surface area contributed by atoms with E-state index in [1.807, 2.05) is 0 Å².